The summed E-state index contributed by atoms with van der Waals surface area (Å²) in [6.45, 7) is 9.13. The summed E-state index contributed by atoms with van der Waals surface area (Å²) >= 11 is 0. The lowest BCUT2D eigenvalue weighted by molar-refractivity contribution is -0.140. The Labute approximate surface area is 234 Å². The number of amides is 1. The molecule has 0 spiro atoms. The Kier molecular flexibility index (Phi) is 7.87. The largest absolute Gasteiger partial charge is 0.507 e. The quantitative estimate of drug-likeness (QED) is 0.188. The van der Waals surface area contributed by atoms with E-state index in [1.54, 1.807) is 36.4 Å². The van der Waals surface area contributed by atoms with Gasteiger partial charge in [-0.3, -0.25) is 9.59 Å². The summed E-state index contributed by atoms with van der Waals surface area (Å²) < 4.78 is 23.2. The van der Waals surface area contributed by atoms with Gasteiger partial charge in [0, 0.05) is 12.0 Å². The average molecular weight is 546 g/mol. The molecule has 1 saturated heterocycles. The van der Waals surface area contributed by atoms with Crippen molar-refractivity contribution >= 4 is 17.4 Å². The first-order valence-electron chi connectivity index (χ1n) is 13.8. The van der Waals surface area contributed by atoms with Crippen LogP contribution in [-0.4, -0.2) is 41.0 Å². The molecule has 0 saturated carbocycles. The van der Waals surface area contributed by atoms with Crippen molar-refractivity contribution in [1.29, 1.82) is 0 Å². The van der Waals surface area contributed by atoms with Gasteiger partial charge in [-0.15, -0.1) is 0 Å². The molecule has 2 atom stereocenters. The third kappa shape index (κ3) is 5.43. The minimum atomic E-state index is -0.863. The molecule has 0 unspecified atom stereocenters. The van der Waals surface area contributed by atoms with Crippen LogP contribution in [0.3, 0.4) is 0 Å². The number of furan rings is 1. The molecule has 0 bridgehead atoms. The van der Waals surface area contributed by atoms with Gasteiger partial charge in [-0.2, -0.15) is 0 Å². The highest BCUT2D eigenvalue weighted by Crippen LogP contribution is 2.43. The first-order chi connectivity index (χ1) is 19.3. The molecule has 40 heavy (non-hydrogen) atoms. The van der Waals surface area contributed by atoms with E-state index >= 15 is 0 Å². The van der Waals surface area contributed by atoms with Crippen molar-refractivity contribution in [1.82, 2.24) is 4.90 Å². The van der Waals surface area contributed by atoms with E-state index in [0.717, 1.165) is 17.7 Å². The second-order valence-electron chi connectivity index (χ2n) is 10.6. The number of ketones is 1. The maximum Gasteiger partial charge on any atom is 0.296 e. The summed E-state index contributed by atoms with van der Waals surface area (Å²) in [7, 11) is 0. The van der Waals surface area contributed by atoms with Crippen molar-refractivity contribution in [3.8, 4) is 17.2 Å². The van der Waals surface area contributed by atoms with Crippen molar-refractivity contribution < 1.29 is 33.3 Å². The molecule has 0 radical (unpaired) electrons. The van der Waals surface area contributed by atoms with E-state index in [1.165, 1.54) is 11.2 Å². The van der Waals surface area contributed by atoms with E-state index in [9.17, 15) is 14.7 Å². The minimum Gasteiger partial charge on any atom is -0.507 e. The summed E-state index contributed by atoms with van der Waals surface area (Å²) in [4.78, 5) is 28.3. The van der Waals surface area contributed by atoms with Gasteiger partial charge in [0.25, 0.3) is 11.7 Å². The number of carbonyl (C=O) groups is 2. The third-order valence-electron chi connectivity index (χ3n) is 7.15. The number of fused-ring (bicyclic) bond motifs is 1. The zero-order valence-electron chi connectivity index (χ0n) is 23.3. The highest BCUT2D eigenvalue weighted by Gasteiger charge is 2.46. The lowest BCUT2D eigenvalue weighted by Gasteiger charge is -2.25. The van der Waals surface area contributed by atoms with Crippen LogP contribution in [0.4, 0.5) is 0 Å². The van der Waals surface area contributed by atoms with Crippen LogP contribution in [0, 0.1) is 5.92 Å². The van der Waals surface area contributed by atoms with E-state index in [2.05, 4.69) is 13.8 Å². The zero-order chi connectivity index (χ0) is 28.4. The summed E-state index contributed by atoms with van der Waals surface area (Å²) in [5.41, 5.74) is 2.03. The zero-order valence-corrected chi connectivity index (χ0v) is 23.3. The van der Waals surface area contributed by atoms with Crippen molar-refractivity contribution in [3.63, 3.8) is 0 Å². The highest BCUT2D eigenvalue weighted by atomic mass is 16.5. The standard InChI is InChI=1S/C32H35NO7/c1-5-37-27-17-21(8-11-26(27)39-14-12-19(2)3)29-28(31(35)32(36)33(29)18-24-7-6-13-38-24)30(34)22-9-10-25-23(16-22)15-20(4)40-25/h6-11,13,16-17,19-20,29,34H,5,12,14-15,18H2,1-4H3/b30-28+/t20-,29-/m0/s1. The van der Waals surface area contributed by atoms with Crippen LogP contribution in [0.2, 0.25) is 0 Å². The number of nitrogens with zero attached hydrogens (tertiary/aromatic N) is 1. The second-order valence-corrected chi connectivity index (χ2v) is 10.6. The fourth-order valence-corrected chi connectivity index (χ4v) is 5.17. The third-order valence-corrected chi connectivity index (χ3v) is 7.15. The molecule has 1 amide bonds. The summed E-state index contributed by atoms with van der Waals surface area (Å²) in [6, 6.07) is 13.3. The Bertz CT molecular complexity index is 1420. The Morgan fingerprint density at radius 2 is 1.93 bits per heavy atom. The molecule has 5 rings (SSSR count). The van der Waals surface area contributed by atoms with Crippen LogP contribution in [-0.2, 0) is 22.6 Å². The van der Waals surface area contributed by atoms with Crippen LogP contribution < -0.4 is 14.2 Å². The van der Waals surface area contributed by atoms with Crippen LogP contribution in [0.15, 0.2) is 64.8 Å². The number of hydrogen-bond donors (Lipinski definition) is 1. The number of benzene rings is 2. The van der Waals surface area contributed by atoms with Crippen molar-refractivity contribution in [2.75, 3.05) is 13.2 Å². The molecule has 3 aromatic rings. The number of aliphatic hydroxyl groups excluding tert-OH is 1. The van der Waals surface area contributed by atoms with Crippen molar-refractivity contribution in [2.45, 2.75) is 59.2 Å². The van der Waals surface area contributed by atoms with Gasteiger partial charge >= 0.3 is 0 Å². The minimum absolute atomic E-state index is 0.0133. The summed E-state index contributed by atoms with van der Waals surface area (Å²) in [6.07, 6.45) is 3.14. The van der Waals surface area contributed by atoms with Gasteiger partial charge in [0.15, 0.2) is 11.5 Å². The van der Waals surface area contributed by atoms with Crippen LogP contribution in [0.1, 0.15) is 62.6 Å². The van der Waals surface area contributed by atoms with E-state index < -0.39 is 17.7 Å². The molecular formula is C32H35NO7. The fraction of sp³-hybridized carbons (Fsp3) is 0.375. The first kappa shape index (κ1) is 27.4. The predicted molar refractivity (Wildman–Crippen MR) is 149 cm³/mol. The van der Waals surface area contributed by atoms with Crippen LogP contribution in [0.5, 0.6) is 17.2 Å². The van der Waals surface area contributed by atoms with Gasteiger partial charge in [-0.05, 0) is 79.8 Å². The number of ether oxygens (including phenoxy) is 3. The predicted octanol–water partition coefficient (Wildman–Crippen LogP) is 6.05. The van der Waals surface area contributed by atoms with Crippen LogP contribution >= 0.6 is 0 Å². The maximum atomic E-state index is 13.5. The number of aliphatic hydroxyl groups is 1. The topological polar surface area (TPSA) is 98.4 Å². The van der Waals surface area contributed by atoms with Crippen LogP contribution in [0.25, 0.3) is 5.76 Å². The average Bonchev–Trinajstić information content (AvgIpc) is 3.63. The fourth-order valence-electron chi connectivity index (χ4n) is 5.17. The molecule has 2 aromatic carbocycles. The number of likely N-dealkylation sites (tertiary alicyclic amines) is 1. The summed E-state index contributed by atoms with van der Waals surface area (Å²) in [5.74, 6) is 1.17. The van der Waals surface area contributed by atoms with Crippen molar-refractivity contribution in [2.24, 2.45) is 5.92 Å². The Balaban J connectivity index is 1.59. The molecule has 0 aliphatic carbocycles. The number of Topliss-reactive ketones (excluding diaryl/α,β-unsaturated/α-hetero) is 1. The number of hydrogen-bond acceptors (Lipinski definition) is 7. The van der Waals surface area contributed by atoms with Gasteiger partial charge in [0.05, 0.1) is 37.6 Å². The second kappa shape index (κ2) is 11.5. The highest BCUT2D eigenvalue weighted by molar-refractivity contribution is 6.46. The van der Waals surface area contributed by atoms with Gasteiger partial charge < -0.3 is 28.6 Å². The molecule has 3 heterocycles. The lowest BCUT2D eigenvalue weighted by Crippen LogP contribution is -2.29. The maximum absolute atomic E-state index is 13.5. The van der Waals surface area contributed by atoms with Crippen molar-refractivity contribution in [3.05, 3.63) is 82.8 Å². The van der Waals surface area contributed by atoms with Gasteiger partial charge in [0.2, 0.25) is 0 Å². The van der Waals surface area contributed by atoms with E-state index in [-0.39, 0.29) is 24.0 Å². The molecule has 8 heteroatoms. The molecule has 1 N–H and O–H groups in total. The molecule has 2 aliphatic rings. The molecular weight excluding hydrogens is 510 g/mol. The molecule has 2 aliphatic heterocycles. The normalized spacial score (nSPS) is 19.7. The Morgan fingerprint density at radius 1 is 1.10 bits per heavy atom. The Morgan fingerprint density at radius 3 is 2.65 bits per heavy atom. The smallest absolute Gasteiger partial charge is 0.296 e. The molecule has 1 fully saturated rings. The molecule has 8 nitrogen and oxygen atoms in total. The van der Waals surface area contributed by atoms with E-state index in [4.69, 9.17) is 18.6 Å². The number of carbonyl (C=O) groups excluding carboxylic acids is 2. The lowest BCUT2D eigenvalue weighted by atomic mass is 9.94. The summed E-state index contributed by atoms with van der Waals surface area (Å²) in [5, 5.41) is 11.5. The molecule has 1 aromatic heterocycles. The van der Waals surface area contributed by atoms with Gasteiger partial charge in [0.1, 0.15) is 23.4 Å². The van der Waals surface area contributed by atoms with Gasteiger partial charge in [-0.25, -0.2) is 0 Å². The Hall–Kier alpha value is -4.20. The monoisotopic (exact) mass is 545 g/mol. The van der Waals surface area contributed by atoms with E-state index in [0.29, 0.717) is 53.9 Å². The SMILES string of the molecule is CCOc1cc([C@H]2/C(=C(\O)c3ccc4c(c3)C[C@H](C)O4)C(=O)C(=O)N2Cc2ccco2)ccc1OCCC(C)C. The van der Waals surface area contributed by atoms with E-state index in [1.807, 2.05) is 26.0 Å². The number of rotatable bonds is 10. The molecule has 210 valence electrons. The van der Waals surface area contributed by atoms with Gasteiger partial charge in [-0.1, -0.05) is 19.9 Å². The first-order valence-corrected chi connectivity index (χ1v) is 13.8.